The third-order valence-electron chi connectivity index (χ3n) is 10.9. The van der Waals surface area contributed by atoms with Crippen molar-refractivity contribution in [2.24, 2.45) is 0 Å². The predicted molar refractivity (Wildman–Crippen MR) is 231 cm³/mol. The quantitative estimate of drug-likeness (QED) is 0.146. The summed E-state index contributed by atoms with van der Waals surface area (Å²) in [5.74, 6) is 0. The first-order chi connectivity index (χ1) is 26.4. The summed E-state index contributed by atoms with van der Waals surface area (Å²) in [6, 6.07) is 68.1. The van der Waals surface area contributed by atoms with E-state index in [1.54, 1.807) is 0 Å². The molecule has 1 aliphatic carbocycles. The number of hydrogen-bond donors (Lipinski definition) is 0. The van der Waals surface area contributed by atoms with E-state index in [4.69, 9.17) is 0 Å². The van der Waals surface area contributed by atoms with Gasteiger partial charge in [-0.25, -0.2) is 0 Å². The molecule has 0 aliphatic heterocycles. The van der Waals surface area contributed by atoms with Crippen LogP contribution in [0.4, 0.5) is 34.1 Å². The molecule has 0 saturated heterocycles. The number of hydrogen-bond acceptors (Lipinski definition) is 2. The standard InChI is InChI=1S/C52H42N2/c1-37-17-26-43(27-18-37)54(47-33-34-49-48-15-9-10-16-50(48)52(2,3)51(49)36-47)45-30-23-39(24-31-45)20-19-38-21-28-44(29-22-38)53(42-13-5-4-6-14-42)46-32-25-40-11-7-8-12-41(40)35-46/h4-36H,1-3H3/b20-19+. The molecule has 0 heterocycles. The average Bonchev–Trinajstić information content (AvgIpc) is 3.45. The van der Waals surface area contributed by atoms with E-state index in [1.807, 2.05) is 0 Å². The van der Waals surface area contributed by atoms with Gasteiger partial charge in [-0.05, 0) is 124 Å². The van der Waals surface area contributed by atoms with Crippen LogP contribution in [-0.2, 0) is 5.41 Å². The normalized spacial score (nSPS) is 12.8. The lowest BCUT2D eigenvalue weighted by Crippen LogP contribution is -2.16. The van der Waals surface area contributed by atoms with Gasteiger partial charge in [-0.2, -0.15) is 0 Å². The van der Waals surface area contributed by atoms with Gasteiger partial charge in [0.05, 0.1) is 0 Å². The summed E-state index contributed by atoms with van der Waals surface area (Å²) < 4.78 is 0. The molecule has 9 rings (SSSR count). The predicted octanol–water partition coefficient (Wildman–Crippen LogP) is 14.6. The van der Waals surface area contributed by atoms with E-state index in [-0.39, 0.29) is 5.41 Å². The summed E-state index contributed by atoms with van der Waals surface area (Å²) in [4.78, 5) is 4.69. The maximum atomic E-state index is 2.39. The molecule has 8 aromatic rings. The molecular weight excluding hydrogens is 653 g/mol. The van der Waals surface area contributed by atoms with Crippen LogP contribution in [0, 0.1) is 6.92 Å². The fraction of sp³-hybridized carbons (Fsp3) is 0.0769. The molecule has 0 fully saturated rings. The third kappa shape index (κ3) is 6.16. The molecule has 0 spiro atoms. The fourth-order valence-electron chi connectivity index (χ4n) is 7.97. The Hall–Kier alpha value is -6.64. The maximum absolute atomic E-state index is 2.39. The fourth-order valence-corrected chi connectivity index (χ4v) is 7.97. The van der Waals surface area contributed by atoms with Gasteiger partial charge in [0.25, 0.3) is 0 Å². The number of benzene rings is 8. The smallest absolute Gasteiger partial charge is 0.0468 e. The lowest BCUT2D eigenvalue weighted by atomic mass is 9.82. The first kappa shape index (κ1) is 33.2. The first-order valence-corrected chi connectivity index (χ1v) is 18.8. The number of anilines is 6. The van der Waals surface area contributed by atoms with Gasteiger partial charge in [0.2, 0.25) is 0 Å². The summed E-state index contributed by atoms with van der Waals surface area (Å²) in [6.45, 7) is 6.83. The molecule has 0 N–H and O–H groups in total. The zero-order chi connectivity index (χ0) is 36.6. The minimum Gasteiger partial charge on any atom is -0.310 e. The second-order valence-corrected chi connectivity index (χ2v) is 14.8. The summed E-state index contributed by atoms with van der Waals surface area (Å²) in [5, 5.41) is 2.47. The van der Waals surface area contributed by atoms with E-state index in [0.717, 1.165) is 45.3 Å². The molecule has 260 valence electrons. The third-order valence-corrected chi connectivity index (χ3v) is 10.9. The topological polar surface area (TPSA) is 6.48 Å². The highest BCUT2D eigenvalue weighted by atomic mass is 15.1. The number of aryl methyl sites for hydroxylation is 1. The highest BCUT2D eigenvalue weighted by Crippen LogP contribution is 2.50. The van der Waals surface area contributed by atoms with Gasteiger partial charge in [0, 0.05) is 39.5 Å². The summed E-state index contributed by atoms with van der Waals surface area (Å²) >= 11 is 0. The average molecular weight is 695 g/mol. The van der Waals surface area contributed by atoms with Gasteiger partial charge in [0.1, 0.15) is 0 Å². The van der Waals surface area contributed by atoms with Crippen molar-refractivity contribution in [2.45, 2.75) is 26.2 Å². The molecule has 0 unspecified atom stereocenters. The van der Waals surface area contributed by atoms with Crippen molar-refractivity contribution in [3.8, 4) is 11.1 Å². The number of nitrogens with zero attached hydrogens (tertiary/aromatic N) is 2. The zero-order valence-corrected chi connectivity index (χ0v) is 30.9. The minimum atomic E-state index is -0.0655. The Kier molecular flexibility index (Phi) is 8.44. The Labute approximate surface area is 318 Å². The van der Waals surface area contributed by atoms with Crippen LogP contribution in [0.25, 0.3) is 34.1 Å². The largest absolute Gasteiger partial charge is 0.310 e. The minimum absolute atomic E-state index is 0.0655. The van der Waals surface area contributed by atoms with Crippen LogP contribution in [0.1, 0.15) is 41.7 Å². The van der Waals surface area contributed by atoms with Gasteiger partial charge < -0.3 is 9.80 Å². The second kappa shape index (κ2) is 13.7. The lowest BCUT2D eigenvalue weighted by molar-refractivity contribution is 0.660. The Morgan fingerprint density at radius 2 is 0.833 bits per heavy atom. The first-order valence-electron chi connectivity index (χ1n) is 18.8. The Bertz CT molecular complexity index is 2620. The molecule has 0 radical (unpaired) electrons. The summed E-state index contributed by atoms with van der Waals surface area (Å²) in [5.41, 5.74) is 15.7. The van der Waals surface area contributed by atoms with Crippen molar-refractivity contribution >= 4 is 57.0 Å². The van der Waals surface area contributed by atoms with E-state index in [2.05, 4.69) is 231 Å². The molecule has 1 aliphatic rings. The molecule has 0 bridgehead atoms. The molecule has 8 aromatic carbocycles. The zero-order valence-electron chi connectivity index (χ0n) is 30.9. The molecule has 0 amide bonds. The Morgan fingerprint density at radius 3 is 1.48 bits per heavy atom. The van der Waals surface area contributed by atoms with E-state index >= 15 is 0 Å². The van der Waals surface area contributed by atoms with Crippen molar-refractivity contribution < 1.29 is 0 Å². The Morgan fingerprint density at radius 1 is 0.370 bits per heavy atom. The van der Waals surface area contributed by atoms with Gasteiger partial charge in [-0.15, -0.1) is 0 Å². The summed E-state index contributed by atoms with van der Waals surface area (Å²) in [7, 11) is 0. The molecule has 0 atom stereocenters. The van der Waals surface area contributed by atoms with E-state index in [0.29, 0.717) is 0 Å². The SMILES string of the molecule is Cc1ccc(N(c2ccc(/C=C/c3ccc(N(c4ccccc4)c4ccc5ccccc5c4)cc3)cc2)c2ccc3c(c2)C(C)(C)c2ccccc2-3)cc1. The van der Waals surface area contributed by atoms with Crippen LogP contribution < -0.4 is 9.80 Å². The van der Waals surface area contributed by atoms with Crippen molar-refractivity contribution in [1.29, 1.82) is 0 Å². The van der Waals surface area contributed by atoms with Crippen LogP contribution in [-0.4, -0.2) is 0 Å². The number of fused-ring (bicyclic) bond motifs is 4. The van der Waals surface area contributed by atoms with E-state index < -0.39 is 0 Å². The van der Waals surface area contributed by atoms with Crippen molar-refractivity contribution in [1.82, 2.24) is 0 Å². The van der Waals surface area contributed by atoms with Crippen LogP contribution in [0.15, 0.2) is 188 Å². The van der Waals surface area contributed by atoms with Crippen LogP contribution in [0.5, 0.6) is 0 Å². The van der Waals surface area contributed by atoms with Crippen LogP contribution in [0.3, 0.4) is 0 Å². The summed E-state index contributed by atoms with van der Waals surface area (Å²) in [6.07, 6.45) is 4.39. The van der Waals surface area contributed by atoms with E-state index in [9.17, 15) is 0 Å². The monoisotopic (exact) mass is 694 g/mol. The van der Waals surface area contributed by atoms with E-state index in [1.165, 1.54) is 38.6 Å². The van der Waals surface area contributed by atoms with Crippen molar-refractivity contribution in [3.63, 3.8) is 0 Å². The molecule has 2 nitrogen and oxygen atoms in total. The number of rotatable bonds is 8. The molecule has 0 aromatic heterocycles. The molecular formula is C52H42N2. The highest BCUT2D eigenvalue weighted by molar-refractivity contribution is 5.90. The second-order valence-electron chi connectivity index (χ2n) is 14.8. The Balaban J connectivity index is 0.994. The van der Waals surface area contributed by atoms with Gasteiger partial charge in [-0.3, -0.25) is 0 Å². The van der Waals surface area contributed by atoms with Crippen molar-refractivity contribution in [3.05, 3.63) is 216 Å². The van der Waals surface area contributed by atoms with Gasteiger partial charge in [0.15, 0.2) is 0 Å². The number of para-hydroxylation sites is 1. The molecule has 54 heavy (non-hydrogen) atoms. The highest BCUT2D eigenvalue weighted by Gasteiger charge is 2.35. The van der Waals surface area contributed by atoms with Crippen molar-refractivity contribution in [2.75, 3.05) is 9.80 Å². The van der Waals surface area contributed by atoms with Gasteiger partial charge >= 0.3 is 0 Å². The van der Waals surface area contributed by atoms with Gasteiger partial charge in [-0.1, -0.05) is 147 Å². The van der Waals surface area contributed by atoms with Crippen LogP contribution in [0.2, 0.25) is 0 Å². The molecule has 2 heteroatoms. The lowest BCUT2D eigenvalue weighted by Gasteiger charge is -2.28. The van der Waals surface area contributed by atoms with Crippen LogP contribution >= 0.6 is 0 Å². The molecule has 0 saturated carbocycles. The maximum Gasteiger partial charge on any atom is 0.0468 e.